The van der Waals surface area contributed by atoms with Crippen molar-refractivity contribution in [1.29, 1.82) is 0 Å². The molecule has 0 aliphatic carbocycles. The minimum atomic E-state index is -1.02. The molecule has 2 atom stereocenters. The molecule has 0 saturated carbocycles. The lowest BCUT2D eigenvalue weighted by Crippen LogP contribution is -2.36. The summed E-state index contributed by atoms with van der Waals surface area (Å²) in [6, 6.07) is 4.96. The molecule has 7 nitrogen and oxygen atoms in total. The summed E-state index contributed by atoms with van der Waals surface area (Å²) in [5, 5.41) is 17.5. The van der Waals surface area contributed by atoms with Gasteiger partial charge in [-0.2, -0.15) is 11.8 Å². The monoisotopic (exact) mass is 329 g/mol. The van der Waals surface area contributed by atoms with Crippen LogP contribution < -0.4 is 17.2 Å². The van der Waals surface area contributed by atoms with Gasteiger partial charge in [0.1, 0.15) is 11.8 Å². The number of carboxylic acids is 1. The Labute approximate surface area is 133 Å². The van der Waals surface area contributed by atoms with Crippen LogP contribution in [0.25, 0.3) is 0 Å². The minimum absolute atomic E-state index is 0.160. The molecule has 0 aromatic heterocycles. The fourth-order valence-electron chi connectivity index (χ4n) is 1.36. The summed E-state index contributed by atoms with van der Waals surface area (Å²) in [4.78, 5) is 20.7. The van der Waals surface area contributed by atoms with Crippen molar-refractivity contribution >= 4 is 23.6 Å². The predicted octanol–water partition coefficient (Wildman–Crippen LogP) is -0.101. The van der Waals surface area contributed by atoms with Gasteiger partial charge in [0.05, 0.1) is 6.04 Å². The van der Waals surface area contributed by atoms with Gasteiger partial charge in [-0.05, 0) is 42.5 Å². The second-order valence-electron chi connectivity index (χ2n) is 4.61. The Balaban J connectivity index is 0.000000433. The van der Waals surface area contributed by atoms with E-state index in [1.807, 2.05) is 6.26 Å². The Kier molecular flexibility index (Phi) is 10.0. The van der Waals surface area contributed by atoms with Crippen molar-refractivity contribution in [3.05, 3.63) is 29.8 Å². The number of phenols is 1. The van der Waals surface area contributed by atoms with Crippen molar-refractivity contribution in [1.82, 2.24) is 0 Å². The summed E-state index contributed by atoms with van der Waals surface area (Å²) in [7, 11) is 0. The van der Waals surface area contributed by atoms with Crippen LogP contribution in [0.15, 0.2) is 24.3 Å². The number of carbonyl (C=O) groups excluding carboxylic acids is 1. The quantitative estimate of drug-likeness (QED) is 0.468. The summed E-state index contributed by atoms with van der Waals surface area (Å²) >= 11 is 1.66. The normalized spacial score (nSPS) is 12.7. The van der Waals surface area contributed by atoms with Gasteiger partial charge in [0.15, 0.2) is 0 Å². The molecule has 0 aliphatic heterocycles. The number of primary amides is 1. The van der Waals surface area contributed by atoms with Gasteiger partial charge in [0, 0.05) is 0 Å². The smallest absolute Gasteiger partial charge is 0.320 e. The van der Waals surface area contributed by atoms with Gasteiger partial charge in [0.25, 0.3) is 0 Å². The highest BCUT2D eigenvalue weighted by atomic mass is 32.2. The molecule has 1 rings (SSSR count). The lowest BCUT2D eigenvalue weighted by Gasteiger charge is -2.05. The molecule has 8 heteroatoms. The predicted molar refractivity (Wildman–Crippen MR) is 87.6 cm³/mol. The van der Waals surface area contributed by atoms with E-state index >= 15 is 0 Å². The second-order valence-corrected chi connectivity index (χ2v) is 5.59. The maximum Gasteiger partial charge on any atom is 0.320 e. The van der Waals surface area contributed by atoms with Crippen LogP contribution in [0.3, 0.4) is 0 Å². The number of phenolic OH excluding ortho intramolecular Hbond substituents is 1. The van der Waals surface area contributed by atoms with Crippen LogP contribution in [-0.4, -0.2) is 46.2 Å². The molecule has 0 saturated heterocycles. The van der Waals surface area contributed by atoms with E-state index in [0.29, 0.717) is 6.42 Å². The number of benzene rings is 1. The molecule has 22 heavy (non-hydrogen) atoms. The number of nitrogens with two attached hydrogens (primary N) is 3. The van der Waals surface area contributed by atoms with E-state index in [1.54, 1.807) is 23.9 Å². The Morgan fingerprint density at radius 1 is 1.18 bits per heavy atom. The summed E-state index contributed by atoms with van der Waals surface area (Å²) in [6.07, 6.45) is 2.92. The first-order valence-corrected chi connectivity index (χ1v) is 7.97. The first kappa shape index (κ1) is 20.2. The number of aliphatic carboxylic acids is 1. The number of carbonyl (C=O) groups is 2. The molecule has 124 valence electrons. The molecule has 0 spiro atoms. The molecule has 1 unspecified atom stereocenters. The Morgan fingerprint density at radius 2 is 1.73 bits per heavy atom. The van der Waals surface area contributed by atoms with Gasteiger partial charge < -0.3 is 27.4 Å². The molecule has 0 radical (unpaired) electrons. The third kappa shape index (κ3) is 9.22. The highest BCUT2D eigenvalue weighted by Crippen LogP contribution is 2.10. The van der Waals surface area contributed by atoms with E-state index in [0.717, 1.165) is 11.3 Å². The van der Waals surface area contributed by atoms with Gasteiger partial charge in [-0.1, -0.05) is 12.1 Å². The van der Waals surface area contributed by atoms with Crippen molar-refractivity contribution in [2.45, 2.75) is 24.9 Å². The lowest BCUT2D eigenvalue weighted by molar-refractivity contribution is -0.138. The van der Waals surface area contributed by atoms with E-state index < -0.39 is 24.0 Å². The first-order valence-electron chi connectivity index (χ1n) is 6.58. The van der Waals surface area contributed by atoms with Gasteiger partial charge in [-0.3, -0.25) is 9.59 Å². The van der Waals surface area contributed by atoms with Crippen LogP contribution in [0.5, 0.6) is 5.75 Å². The zero-order chi connectivity index (χ0) is 17.1. The minimum Gasteiger partial charge on any atom is -0.508 e. The van der Waals surface area contributed by atoms with Crippen LogP contribution in [0, 0.1) is 0 Å². The highest BCUT2D eigenvalue weighted by Gasteiger charge is 2.11. The number of aromatic hydroxyl groups is 1. The summed E-state index contributed by atoms with van der Waals surface area (Å²) in [5.41, 5.74) is 16.3. The number of hydrogen-bond donors (Lipinski definition) is 5. The second kappa shape index (κ2) is 10.9. The van der Waals surface area contributed by atoms with E-state index in [2.05, 4.69) is 0 Å². The van der Waals surface area contributed by atoms with Crippen molar-refractivity contribution in [3.8, 4) is 5.75 Å². The fourth-order valence-corrected chi connectivity index (χ4v) is 1.85. The van der Waals surface area contributed by atoms with Crippen molar-refractivity contribution in [2.75, 3.05) is 12.0 Å². The number of rotatable bonds is 7. The Bertz CT molecular complexity index is 468. The van der Waals surface area contributed by atoms with Crippen LogP contribution >= 0.6 is 11.8 Å². The van der Waals surface area contributed by atoms with E-state index in [4.69, 9.17) is 27.4 Å². The number of hydrogen-bond acceptors (Lipinski definition) is 6. The number of thioether (sulfide) groups is 1. The van der Waals surface area contributed by atoms with Gasteiger partial charge in [-0.25, -0.2) is 0 Å². The van der Waals surface area contributed by atoms with E-state index in [-0.39, 0.29) is 12.2 Å². The molecule has 1 aromatic carbocycles. The average Bonchev–Trinajstić information content (AvgIpc) is 2.47. The molecule has 0 fully saturated rings. The molecular formula is C14H23N3O4S. The highest BCUT2D eigenvalue weighted by molar-refractivity contribution is 7.98. The van der Waals surface area contributed by atoms with E-state index in [1.165, 1.54) is 12.1 Å². The van der Waals surface area contributed by atoms with Gasteiger partial charge >= 0.3 is 5.97 Å². The molecule has 0 bridgehead atoms. The van der Waals surface area contributed by atoms with Crippen molar-refractivity contribution in [2.24, 2.45) is 17.2 Å². The summed E-state index contributed by atoms with van der Waals surface area (Å²) in [5.74, 6) is -0.380. The maximum atomic E-state index is 10.4. The number of carboxylic acid groups (broad SMARTS) is 1. The zero-order valence-electron chi connectivity index (χ0n) is 12.4. The summed E-state index contributed by atoms with van der Waals surface area (Å²) in [6.45, 7) is 0. The molecule has 1 aromatic rings. The third-order valence-corrected chi connectivity index (χ3v) is 3.35. The molecule has 1 amide bonds. The third-order valence-electron chi connectivity index (χ3n) is 2.71. The van der Waals surface area contributed by atoms with Crippen LogP contribution in [0.2, 0.25) is 0 Å². The first-order chi connectivity index (χ1) is 10.3. The standard InChI is InChI=1S/C9H11NO3.C5H12N2OS/c10-8(9(12)13)5-6-1-3-7(11)4-2-6;1-9-3-2-4(6)5(7)8/h1-4,8,11H,5,10H2,(H,12,13);4H,2-3,6H2,1H3,(H2,7,8)/t8-;/m0./s1. The topological polar surface area (TPSA) is 153 Å². The van der Waals surface area contributed by atoms with Crippen molar-refractivity contribution < 1.29 is 19.8 Å². The molecule has 8 N–H and O–H groups in total. The Hall–Kier alpha value is -1.77. The lowest BCUT2D eigenvalue weighted by atomic mass is 10.1. The largest absolute Gasteiger partial charge is 0.508 e. The average molecular weight is 329 g/mol. The van der Waals surface area contributed by atoms with Crippen LogP contribution in [-0.2, 0) is 16.0 Å². The molecule has 0 aliphatic rings. The molecule has 0 heterocycles. The fraction of sp³-hybridized carbons (Fsp3) is 0.429. The SMILES string of the molecule is CSCCC(N)C(N)=O.N[C@@H](Cc1ccc(O)cc1)C(=O)O. The van der Waals surface area contributed by atoms with Crippen LogP contribution in [0.4, 0.5) is 0 Å². The van der Waals surface area contributed by atoms with Gasteiger partial charge in [0.2, 0.25) is 5.91 Å². The van der Waals surface area contributed by atoms with E-state index in [9.17, 15) is 9.59 Å². The maximum absolute atomic E-state index is 10.4. The summed E-state index contributed by atoms with van der Waals surface area (Å²) < 4.78 is 0. The van der Waals surface area contributed by atoms with Crippen molar-refractivity contribution in [3.63, 3.8) is 0 Å². The number of amides is 1. The zero-order valence-corrected chi connectivity index (χ0v) is 13.3. The van der Waals surface area contributed by atoms with Gasteiger partial charge in [-0.15, -0.1) is 0 Å². The van der Waals surface area contributed by atoms with Crippen LogP contribution in [0.1, 0.15) is 12.0 Å². The Morgan fingerprint density at radius 3 is 2.14 bits per heavy atom. The molecular weight excluding hydrogens is 306 g/mol.